The molecule has 1 heterocycles. The van der Waals surface area contributed by atoms with Gasteiger partial charge in [0.05, 0.1) is 11.3 Å². The van der Waals surface area contributed by atoms with Crippen molar-refractivity contribution in [1.82, 2.24) is 4.98 Å². The molecule has 0 bridgehead atoms. The van der Waals surface area contributed by atoms with E-state index in [-0.39, 0.29) is 11.7 Å². The van der Waals surface area contributed by atoms with Crippen LogP contribution >= 0.6 is 15.9 Å². The molecule has 18 heavy (non-hydrogen) atoms. The molecule has 0 unspecified atom stereocenters. The van der Waals surface area contributed by atoms with Crippen molar-refractivity contribution in [3.05, 3.63) is 58.1 Å². The third kappa shape index (κ3) is 2.92. The molecule has 3 nitrogen and oxygen atoms in total. The summed E-state index contributed by atoms with van der Waals surface area (Å²) in [6.45, 7) is 1.85. The van der Waals surface area contributed by atoms with Gasteiger partial charge >= 0.3 is 0 Å². The molecule has 0 radical (unpaired) electrons. The average molecular weight is 309 g/mol. The van der Waals surface area contributed by atoms with Crippen LogP contribution in [-0.2, 0) is 0 Å². The van der Waals surface area contributed by atoms with E-state index in [0.717, 1.165) is 5.69 Å². The zero-order valence-electron chi connectivity index (χ0n) is 9.58. The van der Waals surface area contributed by atoms with Crippen LogP contribution in [0.2, 0.25) is 0 Å². The lowest BCUT2D eigenvalue weighted by molar-refractivity contribution is 0.102. The summed E-state index contributed by atoms with van der Waals surface area (Å²) in [7, 11) is 0. The number of carbonyl (C=O) groups excluding carboxylic acids is 1. The highest BCUT2D eigenvalue weighted by Gasteiger charge is 2.08. The molecule has 0 saturated heterocycles. The van der Waals surface area contributed by atoms with Gasteiger partial charge in [-0.1, -0.05) is 0 Å². The number of amides is 1. The molecule has 0 aliphatic rings. The normalized spacial score (nSPS) is 10.2. The molecule has 92 valence electrons. The Balaban J connectivity index is 2.18. The largest absolute Gasteiger partial charge is 0.321 e. The van der Waals surface area contributed by atoms with E-state index in [1.54, 1.807) is 12.1 Å². The molecule has 2 rings (SSSR count). The maximum atomic E-state index is 12.9. The van der Waals surface area contributed by atoms with Crippen molar-refractivity contribution in [3.63, 3.8) is 0 Å². The van der Waals surface area contributed by atoms with Gasteiger partial charge in [-0.3, -0.25) is 9.78 Å². The van der Waals surface area contributed by atoms with Gasteiger partial charge in [0.25, 0.3) is 5.91 Å². The number of nitrogens with one attached hydrogen (secondary N) is 1. The first-order valence-corrected chi connectivity index (χ1v) is 6.04. The second kappa shape index (κ2) is 5.27. The first-order chi connectivity index (χ1) is 8.56. The van der Waals surface area contributed by atoms with Crippen LogP contribution in [0.3, 0.4) is 0 Å². The molecule has 0 atom stereocenters. The number of aromatic nitrogens is 1. The second-order valence-electron chi connectivity index (χ2n) is 3.77. The van der Waals surface area contributed by atoms with E-state index >= 15 is 0 Å². The van der Waals surface area contributed by atoms with Crippen molar-refractivity contribution in [2.24, 2.45) is 0 Å². The van der Waals surface area contributed by atoms with Gasteiger partial charge in [0, 0.05) is 16.4 Å². The van der Waals surface area contributed by atoms with Crippen molar-refractivity contribution in [3.8, 4) is 0 Å². The quantitative estimate of drug-likeness (QED) is 0.922. The molecule has 0 fully saturated rings. The number of hydrogen-bond acceptors (Lipinski definition) is 2. The summed E-state index contributed by atoms with van der Waals surface area (Å²) in [5, 5.41) is 2.68. The number of aryl methyl sites for hydroxylation is 1. The molecule has 1 aromatic carbocycles. The Morgan fingerprint density at radius 2 is 2.11 bits per heavy atom. The lowest BCUT2D eigenvalue weighted by Gasteiger charge is -2.07. The molecule has 0 saturated carbocycles. The molecule has 0 aliphatic heterocycles. The van der Waals surface area contributed by atoms with Crippen molar-refractivity contribution in [2.45, 2.75) is 6.92 Å². The summed E-state index contributed by atoms with van der Waals surface area (Å²) in [6.07, 6.45) is 1.50. The molecular formula is C13H10BrFN2O. The summed E-state index contributed by atoms with van der Waals surface area (Å²) in [4.78, 5) is 15.9. The fraction of sp³-hybridized carbons (Fsp3) is 0.0769. The van der Waals surface area contributed by atoms with Gasteiger partial charge in [-0.15, -0.1) is 0 Å². The third-order valence-corrected chi connectivity index (χ3v) is 3.01. The van der Waals surface area contributed by atoms with Crippen molar-refractivity contribution in [2.75, 3.05) is 5.32 Å². The lowest BCUT2D eigenvalue weighted by atomic mass is 10.2. The van der Waals surface area contributed by atoms with Gasteiger partial charge < -0.3 is 5.32 Å². The van der Waals surface area contributed by atoms with Crippen LogP contribution in [-0.4, -0.2) is 10.9 Å². The summed E-state index contributed by atoms with van der Waals surface area (Å²) < 4.78 is 13.4. The maximum absolute atomic E-state index is 12.9. The number of benzene rings is 1. The minimum atomic E-state index is -0.364. The number of halogens is 2. The molecule has 1 N–H and O–H groups in total. The zero-order chi connectivity index (χ0) is 13.1. The predicted octanol–water partition coefficient (Wildman–Crippen LogP) is 3.54. The van der Waals surface area contributed by atoms with Crippen LogP contribution in [0.1, 0.15) is 16.1 Å². The van der Waals surface area contributed by atoms with Crippen molar-refractivity contribution in [1.29, 1.82) is 0 Å². The van der Waals surface area contributed by atoms with Crippen molar-refractivity contribution < 1.29 is 9.18 Å². The maximum Gasteiger partial charge on any atom is 0.257 e. The van der Waals surface area contributed by atoms with E-state index in [4.69, 9.17) is 0 Å². The summed E-state index contributed by atoms with van der Waals surface area (Å²) in [6, 6.07) is 7.53. The first-order valence-electron chi connectivity index (χ1n) is 5.25. The number of pyridine rings is 1. The van der Waals surface area contributed by atoms with Gasteiger partial charge in [-0.05, 0) is 53.2 Å². The number of rotatable bonds is 2. The van der Waals surface area contributed by atoms with E-state index in [0.29, 0.717) is 15.7 Å². The summed E-state index contributed by atoms with van der Waals surface area (Å²) in [5.41, 5.74) is 1.81. The monoisotopic (exact) mass is 308 g/mol. The number of carbonyl (C=O) groups is 1. The van der Waals surface area contributed by atoms with Gasteiger partial charge in [0.1, 0.15) is 5.82 Å². The number of anilines is 1. The van der Waals surface area contributed by atoms with E-state index < -0.39 is 0 Å². The van der Waals surface area contributed by atoms with Crippen LogP contribution in [0.4, 0.5) is 10.1 Å². The van der Waals surface area contributed by atoms with Crippen LogP contribution in [0.5, 0.6) is 0 Å². The molecule has 0 aliphatic carbocycles. The predicted molar refractivity (Wildman–Crippen MR) is 71.0 cm³/mol. The molecule has 0 spiro atoms. The average Bonchev–Trinajstić information content (AvgIpc) is 2.33. The van der Waals surface area contributed by atoms with Gasteiger partial charge in [0.15, 0.2) is 0 Å². The van der Waals surface area contributed by atoms with E-state index in [1.807, 2.05) is 6.92 Å². The minimum absolute atomic E-state index is 0.283. The SMILES string of the molecule is Cc1ccc(C(=O)Nc2ccc(F)cc2Br)cn1. The highest BCUT2D eigenvalue weighted by Crippen LogP contribution is 2.23. The van der Waals surface area contributed by atoms with Gasteiger partial charge in [-0.25, -0.2) is 4.39 Å². The Morgan fingerprint density at radius 3 is 2.72 bits per heavy atom. The molecule has 1 amide bonds. The second-order valence-corrected chi connectivity index (χ2v) is 4.62. The standard InChI is InChI=1S/C13H10BrFN2O/c1-8-2-3-9(7-16-8)13(18)17-12-5-4-10(15)6-11(12)14/h2-7H,1H3,(H,17,18). The summed E-state index contributed by atoms with van der Waals surface area (Å²) >= 11 is 3.19. The van der Waals surface area contributed by atoms with E-state index in [2.05, 4.69) is 26.2 Å². The first kappa shape index (κ1) is 12.7. The highest BCUT2D eigenvalue weighted by atomic mass is 79.9. The number of nitrogens with zero attached hydrogens (tertiary/aromatic N) is 1. The van der Waals surface area contributed by atoms with Crippen LogP contribution < -0.4 is 5.32 Å². The molecular weight excluding hydrogens is 299 g/mol. The van der Waals surface area contributed by atoms with Crippen LogP contribution in [0.15, 0.2) is 41.0 Å². The lowest BCUT2D eigenvalue weighted by Crippen LogP contribution is -2.12. The fourth-order valence-corrected chi connectivity index (χ4v) is 1.84. The molecule has 5 heteroatoms. The summed E-state index contributed by atoms with van der Waals surface area (Å²) in [5.74, 6) is -0.647. The number of hydrogen-bond donors (Lipinski definition) is 1. The molecule has 2 aromatic rings. The Hall–Kier alpha value is -1.75. The van der Waals surface area contributed by atoms with Gasteiger partial charge in [-0.2, -0.15) is 0 Å². The Bertz CT molecular complexity index is 584. The zero-order valence-corrected chi connectivity index (χ0v) is 11.2. The molecule has 1 aromatic heterocycles. The van der Waals surface area contributed by atoms with Crippen LogP contribution in [0, 0.1) is 12.7 Å². The smallest absolute Gasteiger partial charge is 0.257 e. The van der Waals surface area contributed by atoms with Crippen molar-refractivity contribution >= 4 is 27.5 Å². The van der Waals surface area contributed by atoms with E-state index in [9.17, 15) is 9.18 Å². The third-order valence-electron chi connectivity index (χ3n) is 2.35. The fourth-order valence-electron chi connectivity index (χ4n) is 1.39. The van der Waals surface area contributed by atoms with Crippen LogP contribution in [0.25, 0.3) is 0 Å². The van der Waals surface area contributed by atoms with Gasteiger partial charge in [0.2, 0.25) is 0 Å². The topological polar surface area (TPSA) is 42.0 Å². The minimum Gasteiger partial charge on any atom is -0.321 e. The van der Waals surface area contributed by atoms with E-state index in [1.165, 1.54) is 24.4 Å². The Kier molecular flexibility index (Phi) is 3.72. The Labute approximate surface area is 112 Å². The highest BCUT2D eigenvalue weighted by molar-refractivity contribution is 9.10. The Morgan fingerprint density at radius 1 is 1.33 bits per heavy atom.